The quantitative estimate of drug-likeness (QED) is 0.0648. The molecule has 2 aliphatic rings. The Labute approximate surface area is 293 Å². The van der Waals surface area contributed by atoms with Gasteiger partial charge >= 0.3 is 0 Å². The molecule has 0 spiro atoms. The fourth-order valence-electron chi connectivity index (χ4n) is 6.31. The third-order valence-corrected chi connectivity index (χ3v) is 14.7. The Morgan fingerprint density at radius 2 is 0.545 bits per heavy atom. The highest BCUT2D eigenvalue weighted by atomic mass is 32.2. The maximum atomic E-state index is 2.45. The van der Waals surface area contributed by atoms with Gasteiger partial charge in [0.2, 0.25) is 0 Å². The van der Waals surface area contributed by atoms with Crippen LogP contribution in [0.15, 0.2) is 29.1 Å². The van der Waals surface area contributed by atoms with E-state index in [4.69, 9.17) is 0 Å². The third-order valence-electron chi connectivity index (χ3n) is 9.26. The summed E-state index contributed by atoms with van der Waals surface area (Å²) in [7, 11) is 0. The number of hydrogen-bond acceptors (Lipinski definition) is 4. The molecule has 0 radical (unpaired) electrons. The summed E-state index contributed by atoms with van der Waals surface area (Å²) in [5.74, 6) is 0. The first-order valence-corrected chi connectivity index (χ1v) is 23.0. The van der Waals surface area contributed by atoms with E-state index in [1.807, 2.05) is 23.5 Å². The predicted molar refractivity (Wildman–Crippen MR) is 213 cm³/mol. The summed E-state index contributed by atoms with van der Waals surface area (Å²) >= 11 is 8.13. The van der Waals surface area contributed by atoms with E-state index in [0.29, 0.717) is 0 Å². The van der Waals surface area contributed by atoms with Gasteiger partial charge in [-0.3, -0.25) is 0 Å². The van der Waals surface area contributed by atoms with Gasteiger partial charge in [-0.05, 0) is 46.3 Å². The molecule has 0 amide bonds. The molecule has 0 unspecified atom stereocenters. The van der Waals surface area contributed by atoms with Crippen molar-refractivity contribution in [3.63, 3.8) is 0 Å². The lowest BCUT2D eigenvalue weighted by atomic mass is 10.0. The molecule has 0 atom stereocenters. The summed E-state index contributed by atoms with van der Waals surface area (Å²) in [5, 5.41) is 4.90. The van der Waals surface area contributed by atoms with Crippen LogP contribution in [0.5, 0.6) is 0 Å². The number of allylic oxidation sites excluding steroid dienone is 2. The van der Waals surface area contributed by atoms with Gasteiger partial charge in [0.05, 0.1) is 8.47 Å². The summed E-state index contributed by atoms with van der Waals surface area (Å²) in [4.78, 5) is 3.23. The molecule has 0 aromatic heterocycles. The SMILES string of the molecule is CCCCCCCCCCCCCCCCCC1=CS/C(=C2/SC=C(CCCCCCCCCCCCCCCCC)S2)S1. The van der Waals surface area contributed by atoms with Gasteiger partial charge in [0, 0.05) is 0 Å². The lowest BCUT2D eigenvalue weighted by Crippen LogP contribution is -1.84. The van der Waals surface area contributed by atoms with Crippen LogP contribution in [0.1, 0.15) is 219 Å². The van der Waals surface area contributed by atoms with Crippen molar-refractivity contribution in [1.29, 1.82) is 0 Å². The fourth-order valence-corrected chi connectivity index (χ4v) is 11.4. The molecule has 0 N–H and O–H groups in total. The zero-order valence-corrected chi connectivity index (χ0v) is 32.7. The second-order valence-electron chi connectivity index (χ2n) is 13.6. The van der Waals surface area contributed by atoms with Crippen LogP contribution in [0.2, 0.25) is 0 Å². The molecular formula is C40H72S4. The standard InChI is InChI=1S/C40H72S4/c1-3-5-7-9-11-13-15-17-19-21-23-25-27-29-31-33-37-35-41-39(43-37)40-42-36-38(44-40)34-32-30-28-26-24-22-20-18-16-14-12-10-8-6-4-2/h35-36H,3-34H2,1-2H3/b40-39+. The van der Waals surface area contributed by atoms with Gasteiger partial charge in [0.1, 0.15) is 0 Å². The summed E-state index contributed by atoms with van der Waals surface area (Å²) in [6, 6.07) is 0. The van der Waals surface area contributed by atoms with E-state index in [2.05, 4.69) is 48.2 Å². The van der Waals surface area contributed by atoms with E-state index in [1.54, 1.807) is 18.3 Å². The van der Waals surface area contributed by atoms with Crippen molar-refractivity contribution in [2.75, 3.05) is 0 Å². The smallest absolute Gasteiger partial charge is 0.0697 e. The van der Waals surface area contributed by atoms with Gasteiger partial charge in [-0.2, -0.15) is 0 Å². The molecule has 0 aromatic rings. The molecule has 2 heterocycles. The van der Waals surface area contributed by atoms with Crippen LogP contribution in [0, 0.1) is 0 Å². The minimum atomic E-state index is 1.29. The number of unbranched alkanes of at least 4 members (excludes halogenated alkanes) is 28. The van der Waals surface area contributed by atoms with Gasteiger partial charge in [0.25, 0.3) is 0 Å². The van der Waals surface area contributed by atoms with Gasteiger partial charge in [-0.25, -0.2) is 0 Å². The summed E-state index contributed by atoms with van der Waals surface area (Å²) < 4.78 is 3.11. The zero-order chi connectivity index (χ0) is 31.2. The lowest BCUT2D eigenvalue weighted by Gasteiger charge is -2.05. The van der Waals surface area contributed by atoms with Crippen LogP contribution in [0.4, 0.5) is 0 Å². The van der Waals surface area contributed by atoms with Gasteiger partial charge in [-0.1, -0.05) is 241 Å². The summed E-state index contributed by atoms with van der Waals surface area (Å²) in [5.41, 5.74) is 0. The Morgan fingerprint density at radius 3 is 0.795 bits per heavy atom. The Bertz CT molecular complexity index is 690. The van der Waals surface area contributed by atoms with Crippen molar-refractivity contribution in [3.05, 3.63) is 29.1 Å². The topological polar surface area (TPSA) is 0 Å². The molecule has 0 aliphatic carbocycles. The van der Waals surface area contributed by atoms with E-state index in [1.165, 1.54) is 205 Å². The summed E-state index contributed by atoms with van der Waals surface area (Å²) in [6.45, 7) is 4.61. The first kappa shape index (κ1) is 40.8. The largest absolute Gasteiger partial charge is 0.0881 e. The van der Waals surface area contributed by atoms with E-state index in [-0.39, 0.29) is 0 Å². The predicted octanol–water partition coefficient (Wildman–Crippen LogP) is 17.3. The van der Waals surface area contributed by atoms with Gasteiger partial charge in [0.15, 0.2) is 0 Å². The Morgan fingerprint density at radius 1 is 0.318 bits per heavy atom. The molecule has 0 fully saturated rings. The van der Waals surface area contributed by atoms with Crippen molar-refractivity contribution in [1.82, 2.24) is 0 Å². The number of hydrogen-bond donors (Lipinski definition) is 0. The molecule has 0 bridgehead atoms. The normalized spacial score (nSPS) is 16.7. The minimum absolute atomic E-state index is 1.29. The lowest BCUT2D eigenvalue weighted by molar-refractivity contribution is 0.532. The molecule has 256 valence electrons. The van der Waals surface area contributed by atoms with Crippen LogP contribution in [-0.2, 0) is 0 Å². The van der Waals surface area contributed by atoms with Crippen molar-refractivity contribution >= 4 is 47.0 Å². The Kier molecular flexibility index (Phi) is 28.7. The van der Waals surface area contributed by atoms with Crippen molar-refractivity contribution < 1.29 is 0 Å². The minimum Gasteiger partial charge on any atom is -0.0881 e. The Hall–Kier alpha value is 0.620. The number of rotatable bonds is 32. The highest BCUT2D eigenvalue weighted by Crippen LogP contribution is 2.56. The van der Waals surface area contributed by atoms with E-state index < -0.39 is 0 Å². The van der Waals surface area contributed by atoms with Crippen molar-refractivity contribution in [3.8, 4) is 0 Å². The van der Waals surface area contributed by atoms with Gasteiger partial charge < -0.3 is 0 Å². The molecule has 0 nitrogen and oxygen atoms in total. The monoisotopic (exact) mass is 680 g/mol. The maximum Gasteiger partial charge on any atom is 0.0697 e. The summed E-state index contributed by atoms with van der Waals surface area (Å²) in [6.07, 6.45) is 46.0. The second-order valence-corrected chi connectivity index (χ2v) is 18.1. The van der Waals surface area contributed by atoms with E-state index in [9.17, 15) is 0 Å². The van der Waals surface area contributed by atoms with E-state index in [0.717, 1.165) is 0 Å². The van der Waals surface area contributed by atoms with Crippen molar-refractivity contribution in [2.45, 2.75) is 219 Å². The highest BCUT2D eigenvalue weighted by molar-refractivity contribution is 8.33. The molecule has 2 rings (SSSR count). The van der Waals surface area contributed by atoms with Gasteiger partial charge in [-0.15, -0.1) is 0 Å². The van der Waals surface area contributed by atoms with Crippen LogP contribution in [0.25, 0.3) is 0 Å². The molecule has 0 saturated heterocycles. The second kappa shape index (κ2) is 30.9. The number of thioether (sulfide) groups is 4. The molecule has 0 saturated carbocycles. The van der Waals surface area contributed by atoms with Crippen LogP contribution in [-0.4, -0.2) is 0 Å². The fraction of sp³-hybridized carbons (Fsp3) is 0.850. The van der Waals surface area contributed by atoms with E-state index >= 15 is 0 Å². The molecule has 4 heteroatoms. The molecular weight excluding hydrogens is 609 g/mol. The van der Waals surface area contributed by atoms with Crippen LogP contribution in [0.3, 0.4) is 0 Å². The molecule has 2 aliphatic heterocycles. The molecule has 44 heavy (non-hydrogen) atoms. The third kappa shape index (κ3) is 23.0. The van der Waals surface area contributed by atoms with Crippen LogP contribution >= 0.6 is 47.0 Å². The average molecular weight is 681 g/mol. The zero-order valence-electron chi connectivity index (χ0n) is 29.4. The maximum absolute atomic E-state index is 2.45. The van der Waals surface area contributed by atoms with Crippen molar-refractivity contribution in [2.24, 2.45) is 0 Å². The highest BCUT2D eigenvalue weighted by Gasteiger charge is 2.21. The first-order valence-electron chi connectivity index (χ1n) is 19.6. The first-order chi connectivity index (χ1) is 21.8. The average Bonchev–Trinajstić information content (AvgIpc) is 3.71. The molecule has 0 aromatic carbocycles. The Balaban J connectivity index is 1.33. The van der Waals surface area contributed by atoms with Crippen LogP contribution < -0.4 is 0 Å².